The molecule has 0 fully saturated rings. The third kappa shape index (κ3) is 4.00. The third-order valence-corrected chi connectivity index (χ3v) is 2.66. The lowest BCUT2D eigenvalue weighted by atomic mass is 10.2. The summed E-state index contributed by atoms with van der Waals surface area (Å²) in [4.78, 5) is 27.9. The van der Waals surface area contributed by atoms with Gasteiger partial charge < -0.3 is 10.0 Å². The zero-order chi connectivity index (χ0) is 13.7. The van der Waals surface area contributed by atoms with Gasteiger partial charge >= 0.3 is 5.97 Å². The Kier molecular flexibility index (Phi) is 5.09. The van der Waals surface area contributed by atoms with Crippen molar-refractivity contribution in [1.29, 1.82) is 0 Å². The highest BCUT2D eigenvalue weighted by Gasteiger charge is 2.14. The van der Waals surface area contributed by atoms with Gasteiger partial charge in [0, 0.05) is 24.8 Å². The van der Waals surface area contributed by atoms with Crippen LogP contribution in [0.25, 0.3) is 0 Å². The monoisotopic (exact) mass is 270 g/mol. The van der Waals surface area contributed by atoms with E-state index >= 15 is 0 Å². The van der Waals surface area contributed by atoms with Gasteiger partial charge in [-0.25, -0.2) is 4.98 Å². The first kappa shape index (κ1) is 14.4. The molecule has 0 aliphatic heterocycles. The number of amides is 1. The number of halogens is 1. The van der Waals surface area contributed by atoms with Crippen molar-refractivity contribution in [3.8, 4) is 0 Å². The largest absolute Gasteiger partial charge is 0.481 e. The lowest BCUT2D eigenvalue weighted by Gasteiger charge is -2.16. The Morgan fingerprint density at radius 3 is 2.67 bits per heavy atom. The maximum Gasteiger partial charge on any atom is 0.305 e. The fourth-order valence-electron chi connectivity index (χ4n) is 1.44. The van der Waals surface area contributed by atoms with Gasteiger partial charge in [0.15, 0.2) is 0 Å². The van der Waals surface area contributed by atoms with Crippen LogP contribution in [0.1, 0.15) is 29.4 Å². The van der Waals surface area contributed by atoms with Gasteiger partial charge in [0.25, 0.3) is 5.91 Å². The summed E-state index contributed by atoms with van der Waals surface area (Å²) in [5.74, 6) is -1.19. The molecule has 1 amide bonds. The summed E-state index contributed by atoms with van der Waals surface area (Å²) in [6, 6.07) is 3.16. The number of pyridine rings is 1. The number of carboxylic acids is 1. The maximum atomic E-state index is 12.0. The second kappa shape index (κ2) is 6.35. The van der Waals surface area contributed by atoms with Crippen molar-refractivity contribution in [2.75, 3.05) is 13.6 Å². The van der Waals surface area contributed by atoms with Crippen LogP contribution >= 0.6 is 11.6 Å². The van der Waals surface area contributed by atoms with Crippen LogP contribution in [0.5, 0.6) is 0 Å². The fraction of sp³-hybridized carbons (Fsp3) is 0.417. The number of carbonyl (C=O) groups is 2. The first-order valence-electron chi connectivity index (χ1n) is 5.57. The van der Waals surface area contributed by atoms with Crippen molar-refractivity contribution < 1.29 is 14.7 Å². The van der Waals surface area contributed by atoms with E-state index in [1.807, 2.05) is 6.92 Å². The molecule has 0 radical (unpaired) electrons. The number of carboxylic acid groups (broad SMARTS) is 1. The minimum atomic E-state index is -0.934. The Morgan fingerprint density at radius 1 is 1.44 bits per heavy atom. The number of carbonyl (C=O) groups excluding carboxylic acids is 1. The first-order chi connectivity index (χ1) is 8.43. The van der Waals surface area contributed by atoms with Crippen molar-refractivity contribution >= 4 is 23.5 Å². The Hall–Kier alpha value is -1.62. The highest BCUT2D eigenvalue weighted by Crippen LogP contribution is 2.13. The molecule has 0 aromatic carbocycles. The van der Waals surface area contributed by atoms with Gasteiger partial charge in [0.1, 0.15) is 5.15 Å². The van der Waals surface area contributed by atoms with E-state index < -0.39 is 5.97 Å². The van der Waals surface area contributed by atoms with E-state index in [2.05, 4.69) is 4.98 Å². The van der Waals surface area contributed by atoms with Gasteiger partial charge in [-0.05, 0) is 18.6 Å². The number of hydrogen-bond acceptors (Lipinski definition) is 3. The average molecular weight is 271 g/mol. The molecule has 5 nitrogen and oxygen atoms in total. The topological polar surface area (TPSA) is 70.5 Å². The smallest absolute Gasteiger partial charge is 0.305 e. The van der Waals surface area contributed by atoms with Gasteiger partial charge in [-0.3, -0.25) is 9.59 Å². The lowest BCUT2D eigenvalue weighted by molar-refractivity contribution is -0.137. The fourth-order valence-corrected chi connectivity index (χ4v) is 1.67. The van der Waals surface area contributed by atoms with Crippen LogP contribution in [0.4, 0.5) is 0 Å². The molecule has 0 atom stereocenters. The molecule has 0 saturated heterocycles. The van der Waals surface area contributed by atoms with Gasteiger partial charge in [-0.15, -0.1) is 0 Å². The van der Waals surface area contributed by atoms with Crippen molar-refractivity contribution in [2.24, 2.45) is 0 Å². The van der Waals surface area contributed by atoms with Crippen molar-refractivity contribution in [2.45, 2.75) is 19.8 Å². The van der Waals surface area contributed by atoms with Crippen LogP contribution in [0.2, 0.25) is 5.15 Å². The van der Waals surface area contributed by atoms with Crippen LogP contribution in [0.3, 0.4) is 0 Å². The Bertz CT molecular complexity index is 463. The van der Waals surface area contributed by atoms with E-state index in [9.17, 15) is 9.59 Å². The van der Waals surface area contributed by atoms with Gasteiger partial charge in [0.2, 0.25) is 0 Å². The second-order valence-electron chi connectivity index (χ2n) is 3.89. The quantitative estimate of drug-likeness (QED) is 0.829. The summed E-state index contributed by atoms with van der Waals surface area (Å²) >= 11 is 5.83. The normalized spacial score (nSPS) is 10.2. The average Bonchev–Trinajstić information content (AvgIpc) is 2.34. The zero-order valence-electron chi connectivity index (χ0n) is 10.3. The number of aryl methyl sites for hydroxylation is 1. The zero-order valence-corrected chi connectivity index (χ0v) is 11.1. The molecular formula is C12H15ClN2O3. The highest BCUT2D eigenvalue weighted by molar-refractivity contribution is 6.29. The summed E-state index contributed by atoms with van der Waals surface area (Å²) < 4.78 is 0. The van der Waals surface area contributed by atoms with Crippen LogP contribution in [0.15, 0.2) is 12.1 Å². The number of rotatable bonds is 5. The molecule has 0 bridgehead atoms. The van der Waals surface area contributed by atoms with E-state index in [1.165, 1.54) is 11.0 Å². The van der Waals surface area contributed by atoms with E-state index in [0.29, 0.717) is 12.0 Å². The van der Waals surface area contributed by atoms with Gasteiger partial charge in [-0.2, -0.15) is 0 Å². The van der Waals surface area contributed by atoms with E-state index in [0.717, 1.165) is 5.69 Å². The minimum Gasteiger partial charge on any atom is -0.481 e. The molecule has 0 unspecified atom stereocenters. The highest BCUT2D eigenvalue weighted by atomic mass is 35.5. The van der Waals surface area contributed by atoms with Crippen LogP contribution < -0.4 is 0 Å². The number of hydrogen-bond donors (Lipinski definition) is 1. The number of aromatic nitrogens is 1. The summed E-state index contributed by atoms with van der Waals surface area (Å²) in [6.07, 6.45) is 0.599. The maximum absolute atomic E-state index is 12.0. The van der Waals surface area contributed by atoms with Crippen molar-refractivity contribution in [3.63, 3.8) is 0 Å². The molecular weight excluding hydrogens is 256 g/mol. The Labute approximate surface area is 110 Å². The lowest BCUT2D eigenvalue weighted by Crippen LogP contribution is -2.29. The molecule has 0 saturated carbocycles. The molecule has 1 aromatic rings. The summed E-state index contributed by atoms with van der Waals surface area (Å²) in [5.41, 5.74) is 1.16. The predicted octanol–water partition coefficient (Wildman–Crippen LogP) is 1.84. The molecule has 1 N–H and O–H groups in total. The number of aliphatic carboxylic acids is 1. The molecule has 6 heteroatoms. The molecule has 0 aliphatic rings. The van der Waals surface area contributed by atoms with E-state index in [4.69, 9.17) is 16.7 Å². The Balaban J connectivity index is 2.82. The molecule has 1 aromatic heterocycles. The molecule has 1 rings (SSSR count). The molecule has 98 valence electrons. The minimum absolute atomic E-state index is 0.0817. The molecule has 0 spiro atoms. The van der Waals surface area contributed by atoms with Gasteiger partial charge in [-0.1, -0.05) is 18.5 Å². The predicted molar refractivity (Wildman–Crippen MR) is 67.8 cm³/mol. The van der Waals surface area contributed by atoms with Crippen LogP contribution in [0, 0.1) is 0 Å². The SMILES string of the molecule is CCc1cc(C(=O)N(C)CCC(=O)O)cc(Cl)n1. The van der Waals surface area contributed by atoms with E-state index in [-0.39, 0.29) is 24.0 Å². The standard InChI is InChI=1S/C12H15ClN2O3/c1-3-9-6-8(7-10(13)14-9)12(18)15(2)5-4-11(16)17/h6-7H,3-5H2,1-2H3,(H,16,17). The molecule has 1 heterocycles. The van der Waals surface area contributed by atoms with Crippen molar-refractivity contribution in [3.05, 3.63) is 28.5 Å². The number of nitrogens with zero attached hydrogens (tertiary/aromatic N) is 2. The van der Waals surface area contributed by atoms with Crippen LogP contribution in [-0.2, 0) is 11.2 Å². The summed E-state index contributed by atoms with van der Waals surface area (Å²) in [6.45, 7) is 2.08. The molecule has 18 heavy (non-hydrogen) atoms. The first-order valence-corrected chi connectivity index (χ1v) is 5.95. The Morgan fingerprint density at radius 2 is 2.11 bits per heavy atom. The van der Waals surface area contributed by atoms with Crippen molar-refractivity contribution in [1.82, 2.24) is 9.88 Å². The summed E-state index contributed by atoms with van der Waals surface area (Å²) in [5, 5.41) is 8.84. The van der Waals surface area contributed by atoms with E-state index in [1.54, 1.807) is 13.1 Å². The van der Waals surface area contributed by atoms with Crippen LogP contribution in [-0.4, -0.2) is 40.5 Å². The second-order valence-corrected chi connectivity index (χ2v) is 4.28. The third-order valence-electron chi connectivity index (χ3n) is 2.46. The molecule has 0 aliphatic carbocycles. The van der Waals surface area contributed by atoms with Gasteiger partial charge in [0.05, 0.1) is 6.42 Å². The summed E-state index contributed by atoms with van der Waals surface area (Å²) in [7, 11) is 1.56.